The number of guanidine groups is 1. The third-order valence-electron chi connectivity index (χ3n) is 4.98. The minimum Gasteiger partial charge on any atom is -0.374 e. The number of ether oxygens (including phenoxy) is 2. The van der Waals surface area contributed by atoms with Gasteiger partial charge < -0.3 is 20.1 Å². The Morgan fingerprint density at radius 2 is 2.16 bits per heavy atom. The van der Waals surface area contributed by atoms with E-state index in [0.29, 0.717) is 18.2 Å². The zero-order valence-electron chi connectivity index (χ0n) is 15.4. The molecule has 1 aromatic rings. The highest BCUT2D eigenvalue weighted by molar-refractivity contribution is 5.80. The molecule has 0 aliphatic carbocycles. The number of nitrogens with one attached hydrogen (secondary N) is 2. The van der Waals surface area contributed by atoms with Crippen LogP contribution in [0.1, 0.15) is 51.2 Å². The first-order chi connectivity index (χ1) is 12.3. The molecule has 4 atom stereocenters. The molecule has 5 heteroatoms. The summed E-state index contributed by atoms with van der Waals surface area (Å²) in [4.78, 5) is 4.69. The first-order valence-electron chi connectivity index (χ1n) is 9.63. The minimum absolute atomic E-state index is 0.128. The van der Waals surface area contributed by atoms with Crippen LogP contribution in [0.25, 0.3) is 0 Å². The van der Waals surface area contributed by atoms with Gasteiger partial charge >= 0.3 is 0 Å². The van der Waals surface area contributed by atoms with Gasteiger partial charge in [0, 0.05) is 19.7 Å². The van der Waals surface area contributed by atoms with Crippen molar-refractivity contribution < 1.29 is 9.47 Å². The minimum atomic E-state index is 0.128. The van der Waals surface area contributed by atoms with Crippen LogP contribution >= 0.6 is 0 Å². The fourth-order valence-corrected chi connectivity index (χ4v) is 3.62. The molecule has 3 rings (SSSR count). The van der Waals surface area contributed by atoms with Gasteiger partial charge in [-0.15, -0.1) is 0 Å². The van der Waals surface area contributed by atoms with Gasteiger partial charge in [-0.2, -0.15) is 0 Å². The molecule has 0 amide bonds. The van der Waals surface area contributed by atoms with E-state index >= 15 is 0 Å². The highest BCUT2D eigenvalue weighted by Crippen LogP contribution is 2.34. The van der Waals surface area contributed by atoms with Gasteiger partial charge in [-0.1, -0.05) is 30.3 Å². The molecule has 2 saturated heterocycles. The second kappa shape index (κ2) is 9.20. The van der Waals surface area contributed by atoms with Gasteiger partial charge in [0.25, 0.3) is 0 Å². The molecule has 2 N–H and O–H groups in total. The van der Waals surface area contributed by atoms with Crippen molar-refractivity contribution >= 4 is 5.96 Å². The fraction of sp³-hybridized carbons (Fsp3) is 0.650. The van der Waals surface area contributed by atoms with E-state index in [9.17, 15) is 0 Å². The molecule has 2 aliphatic heterocycles. The van der Waals surface area contributed by atoms with Crippen LogP contribution in [0, 0.1) is 0 Å². The van der Waals surface area contributed by atoms with Crippen LogP contribution in [0.4, 0.5) is 0 Å². The number of benzene rings is 1. The SMILES string of the molecule is CCNC(=NCCCOC(C)c1ccccc1)NC1CC2CCC1O2. The number of fused-ring (bicyclic) bond motifs is 2. The average Bonchev–Trinajstić information content (AvgIpc) is 3.25. The summed E-state index contributed by atoms with van der Waals surface area (Å²) in [7, 11) is 0. The topological polar surface area (TPSA) is 54.9 Å². The van der Waals surface area contributed by atoms with Crippen LogP contribution < -0.4 is 10.6 Å². The van der Waals surface area contributed by atoms with Crippen LogP contribution in [0.3, 0.4) is 0 Å². The maximum absolute atomic E-state index is 5.91. The van der Waals surface area contributed by atoms with Gasteiger partial charge in [-0.05, 0) is 45.1 Å². The Hall–Kier alpha value is -1.59. The Morgan fingerprint density at radius 1 is 1.32 bits per heavy atom. The lowest BCUT2D eigenvalue weighted by Gasteiger charge is -2.22. The van der Waals surface area contributed by atoms with Crippen LogP contribution in [0.15, 0.2) is 35.3 Å². The lowest BCUT2D eigenvalue weighted by atomic mass is 9.96. The number of hydrogen-bond donors (Lipinski definition) is 2. The molecule has 5 nitrogen and oxygen atoms in total. The van der Waals surface area contributed by atoms with E-state index in [0.717, 1.165) is 38.5 Å². The van der Waals surface area contributed by atoms with Crippen molar-refractivity contribution in [2.45, 2.75) is 63.9 Å². The number of hydrogen-bond acceptors (Lipinski definition) is 3. The molecule has 2 heterocycles. The molecule has 0 saturated carbocycles. The van der Waals surface area contributed by atoms with Crippen molar-refractivity contribution in [3.8, 4) is 0 Å². The van der Waals surface area contributed by atoms with Crippen molar-refractivity contribution in [1.82, 2.24) is 10.6 Å². The Balaban J connectivity index is 1.38. The molecule has 2 aliphatic rings. The lowest BCUT2D eigenvalue weighted by molar-refractivity contribution is 0.0652. The van der Waals surface area contributed by atoms with Gasteiger partial charge in [-0.25, -0.2) is 0 Å². The van der Waals surface area contributed by atoms with E-state index in [1.807, 2.05) is 18.2 Å². The number of aliphatic imine (C=N–C) groups is 1. The van der Waals surface area contributed by atoms with Gasteiger partial charge in [0.2, 0.25) is 0 Å². The third kappa shape index (κ3) is 5.19. The molecule has 138 valence electrons. The maximum atomic E-state index is 5.91. The monoisotopic (exact) mass is 345 g/mol. The molecule has 4 unspecified atom stereocenters. The Labute approximate surface area is 151 Å². The summed E-state index contributed by atoms with van der Waals surface area (Å²) in [5, 5.41) is 6.88. The van der Waals surface area contributed by atoms with Crippen molar-refractivity contribution in [2.75, 3.05) is 19.7 Å². The van der Waals surface area contributed by atoms with Gasteiger partial charge in [0.1, 0.15) is 0 Å². The van der Waals surface area contributed by atoms with Crippen LogP contribution in [0.2, 0.25) is 0 Å². The average molecular weight is 345 g/mol. The highest BCUT2D eigenvalue weighted by Gasteiger charge is 2.41. The van der Waals surface area contributed by atoms with Gasteiger partial charge in [0.15, 0.2) is 5.96 Å². The van der Waals surface area contributed by atoms with E-state index in [1.165, 1.54) is 18.4 Å². The predicted molar refractivity (Wildman–Crippen MR) is 101 cm³/mol. The largest absolute Gasteiger partial charge is 0.374 e. The Kier molecular flexibility index (Phi) is 6.70. The summed E-state index contributed by atoms with van der Waals surface area (Å²) in [5.41, 5.74) is 1.22. The van der Waals surface area contributed by atoms with Crippen LogP contribution in [-0.4, -0.2) is 43.9 Å². The molecule has 0 spiro atoms. The van der Waals surface area contributed by atoms with E-state index in [-0.39, 0.29) is 6.10 Å². The van der Waals surface area contributed by atoms with Crippen molar-refractivity contribution in [3.63, 3.8) is 0 Å². The van der Waals surface area contributed by atoms with Crippen LogP contribution in [0.5, 0.6) is 0 Å². The summed E-state index contributed by atoms with van der Waals surface area (Å²) in [6.45, 7) is 6.54. The van der Waals surface area contributed by atoms with E-state index < -0.39 is 0 Å². The second-order valence-corrected chi connectivity index (χ2v) is 6.90. The Bertz CT molecular complexity index is 549. The molecular formula is C20H31N3O2. The molecule has 0 aromatic heterocycles. The van der Waals surface area contributed by atoms with Crippen molar-refractivity contribution in [1.29, 1.82) is 0 Å². The van der Waals surface area contributed by atoms with Gasteiger partial charge in [-0.3, -0.25) is 4.99 Å². The summed E-state index contributed by atoms with van der Waals surface area (Å²) >= 11 is 0. The summed E-state index contributed by atoms with van der Waals surface area (Å²) in [6, 6.07) is 10.7. The Morgan fingerprint density at radius 3 is 2.84 bits per heavy atom. The normalized spacial score (nSPS) is 26.6. The quantitative estimate of drug-likeness (QED) is 0.432. The molecular weight excluding hydrogens is 314 g/mol. The first-order valence-corrected chi connectivity index (χ1v) is 9.63. The lowest BCUT2D eigenvalue weighted by Crippen LogP contribution is -2.47. The summed E-state index contributed by atoms with van der Waals surface area (Å²) < 4.78 is 11.8. The fourth-order valence-electron chi connectivity index (χ4n) is 3.62. The van der Waals surface area contributed by atoms with E-state index in [1.54, 1.807) is 0 Å². The van der Waals surface area contributed by atoms with Crippen LogP contribution in [-0.2, 0) is 9.47 Å². The molecule has 2 bridgehead atoms. The predicted octanol–water partition coefficient (Wildman–Crippen LogP) is 3.03. The van der Waals surface area contributed by atoms with E-state index in [2.05, 4.69) is 41.6 Å². The molecule has 1 aromatic carbocycles. The standard InChI is InChI=1S/C20H31N3O2/c1-3-21-20(23-18-14-17-10-11-19(18)25-17)22-12-7-13-24-15(2)16-8-5-4-6-9-16/h4-6,8-9,15,17-19H,3,7,10-14H2,1-2H3,(H2,21,22,23). The second-order valence-electron chi connectivity index (χ2n) is 6.90. The van der Waals surface area contributed by atoms with E-state index in [4.69, 9.17) is 9.47 Å². The number of rotatable bonds is 8. The van der Waals surface area contributed by atoms with Gasteiger partial charge in [0.05, 0.1) is 24.4 Å². The first kappa shape index (κ1) is 18.2. The third-order valence-corrected chi connectivity index (χ3v) is 4.98. The summed E-state index contributed by atoms with van der Waals surface area (Å²) in [5.74, 6) is 0.903. The summed E-state index contributed by atoms with van der Waals surface area (Å²) in [6.07, 6.45) is 5.36. The zero-order chi connectivity index (χ0) is 17.5. The molecule has 25 heavy (non-hydrogen) atoms. The van der Waals surface area contributed by atoms with Crippen molar-refractivity contribution in [2.24, 2.45) is 4.99 Å². The smallest absolute Gasteiger partial charge is 0.191 e. The van der Waals surface area contributed by atoms with Crippen molar-refractivity contribution in [3.05, 3.63) is 35.9 Å². The molecule has 0 radical (unpaired) electrons. The molecule has 2 fully saturated rings. The zero-order valence-corrected chi connectivity index (χ0v) is 15.4. The highest BCUT2D eigenvalue weighted by atomic mass is 16.5. The maximum Gasteiger partial charge on any atom is 0.191 e. The number of nitrogens with zero attached hydrogens (tertiary/aromatic N) is 1.